The Morgan fingerprint density at radius 1 is 1.27 bits per heavy atom. The van der Waals surface area contributed by atoms with Crippen molar-refractivity contribution in [2.45, 2.75) is 6.92 Å². The first-order valence-electron chi connectivity index (χ1n) is 6.76. The minimum atomic E-state index is -1.02. The smallest absolute Gasteiger partial charge is 0.355 e. The highest BCUT2D eigenvalue weighted by atomic mass is 16.7. The minimum absolute atomic E-state index is 0.137. The number of rotatable bonds is 2. The molecular formula is C16H12N2O4. The number of carboxylic acids is 1. The minimum Gasteiger partial charge on any atom is -0.476 e. The van der Waals surface area contributed by atoms with Gasteiger partial charge in [-0.15, -0.1) is 0 Å². The van der Waals surface area contributed by atoms with Crippen LogP contribution in [-0.2, 0) is 0 Å². The molecule has 4 rings (SSSR count). The second-order valence-electron chi connectivity index (χ2n) is 5.07. The maximum atomic E-state index is 11.7. The molecule has 0 aliphatic carbocycles. The summed E-state index contributed by atoms with van der Waals surface area (Å²) in [5.41, 5.74) is 2.78. The number of imidazole rings is 1. The number of carbonyl (C=O) groups is 1. The van der Waals surface area contributed by atoms with Gasteiger partial charge in [-0.3, -0.25) is 4.40 Å². The number of ether oxygens (including phenoxy) is 2. The zero-order valence-corrected chi connectivity index (χ0v) is 11.7. The third kappa shape index (κ3) is 1.74. The lowest BCUT2D eigenvalue weighted by molar-refractivity contribution is 0.0690. The molecule has 22 heavy (non-hydrogen) atoms. The van der Waals surface area contributed by atoms with E-state index in [0.29, 0.717) is 28.4 Å². The van der Waals surface area contributed by atoms with Gasteiger partial charge in [-0.25, -0.2) is 9.78 Å². The van der Waals surface area contributed by atoms with Crippen molar-refractivity contribution in [2.24, 2.45) is 0 Å². The van der Waals surface area contributed by atoms with Gasteiger partial charge in [0, 0.05) is 11.8 Å². The normalized spacial score (nSPS) is 12.8. The van der Waals surface area contributed by atoms with Crippen LogP contribution in [0.3, 0.4) is 0 Å². The Morgan fingerprint density at radius 3 is 2.91 bits per heavy atom. The predicted octanol–water partition coefficient (Wildman–Crippen LogP) is 2.74. The van der Waals surface area contributed by atoms with Gasteiger partial charge in [0.05, 0.1) is 0 Å². The maximum Gasteiger partial charge on any atom is 0.355 e. The summed E-state index contributed by atoms with van der Waals surface area (Å²) in [5, 5.41) is 9.58. The lowest BCUT2D eigenvalue weighted by Gasteiger charge is -2.02. The molecule has 0 atom stereocenters. The molecule has 0 unspecified atom stereocenters. The third-order valence-electron chi connectivity index (χ3n) is 3.69. The van der Waals surface area contributed by atoms with E-state index in [1.807, 2.05) is 13.0 Å². The Balaban J connectivity index is 2.00. The Morgan fingerprint density at radius 2 is 2.09 bits per heavy atom. The Kier molecular flexibility index (Phi) is 2.59. The molecule has 1 aliphatic rings. The molecule has 1 aromatic carbocycles. The highest BCUT2D eigenvalue weighted by molar-refractivity contribution is 5.95. The Hall–Kier alpha value is -3.02. The van der Waals surface area contributed by atoms with Crippen LogP contribution in [0.1, 0.15) is 16.1 Å². The number of aryl methyl sites for hydroxylation is 1. The molecule has 0 bridgehead atoms. The monoisotopic (exact) mass is 296 g/mol. The van der Waals surface area contributed by atoms with Gasteiger partial charge in [0.2, 0.25) is 6.79 Å². The van der Waals surface area contributed by atoms with Crippen LogP contribution in [0.25, 0.3) is 16.9 Å². The van der Waals surface area contributed by atoms with E-state index in [1.54, 1.807) is 34.9 Å². The van der Waals surface area contributed by atoms with E-state index < -0.39 is 5.97 Å². The summed E-state index contributed by atoms with van der Waals surface area (Å²) in [6, 6.07) is 9.01. The predicted molar refractivity (Wildman–Crippen MR) is 78.4 cm³/mol. The van der Waals surface area contributed by atoms with E-state index in [0.717, 1.165) is 5.56 Å². The molecule has 2 aromatic heterocycles. The number of hydrogen-bond donors (Lipinski definition) is 1. The van der Waals surface area contributed by atoms with Gasteiger partial charge >= 0.3 is 5.97 Å². The van der Waals surface area contributed by atoms with Gasteiger partial charge in [-0.1, -0.05) is 6.07 Å². The van der Waals surface area contributed by atoms with Crippen molar-refractivity contribution in [3.63, 3.8) is 0 Å². The molecule has 1 aliphatic heterocycles. The molecule has 6 heteroatoms. The average Bonchev–Trinajstić information content (AvgIpc) is 3.11. The summed E-state index contributed by atoms with van der Waals surface area (Å²) in [6.45, 7) is 2.08. The topological polar surface area (TPSA) is 73.1 Å². The summed E-state index contributed by atoms with van der Waals surface area (Å²) >= 11 is 0. The lowest BCUT2D eigenvalue weighted by atomic mass is 10.1. The fraction of sp³-hybridized carbons (Fsp3) is 0.125. The average molecular weight is 296 g/mol. The first kappa shape index (κ1) is 12.7. The molecule has 3 aromatic rings. The zero-order valence-electron chi connectivity index (χ0n) is 11.7. The largest absolute Gasteiger partial charge is 0.476 e. The van der Waals surface area contributed by atoms with Crippen molar-refractivity contribution in [3.8, 4) is 22.8 Å². The van der Waals surface area contributed by atoms with Crippen LogP contribution in [0.4, 0.5) is 0 Å². The molecule has 6 nitrogen and oxygen atoms in total. The molecule has 0 radical (unpaired) electrons. The van der Waals surface area contributed by atoms with Crippen molar-refractivity contribution in [1.29, 1.82) is 0 Å². The number of benzene rings is 1. The highest BCUT2D eigenvalue weighted by Crippen LogP contribution is 2.36. The molecule has 0 saturated carbocycles. The number of aromatic nitrogens is 2. The zero-order chi connectivity index (χ0) is 15.3. The maximum absolute atomic E-state index is 11.7. The number of hydrogen-bond acceptors (Lipinski definition) is 4. The number of fused-ring (bicyclic) bond motifs is 2. The van der Waals surface area contributed by atoms with Crippen molar-refractivity contribution in [1.82, 2.24) is 9.38 Å². The van der Waals surface area contributed by atoms with E-state index in [2.05, 4.69) is 4.98 Å². The number of aromatic carboxylic acids is 1. The third-order valence-corrected chi connectivity index (χ3v) is 3.69. The van der Waals surface area contributed by atoms with Gasteiger partial charge in [0.1, 0.15) is 11.3 Å². The van der Waals surface area contributed by atoms with Crippen molar-refractivity contribution >= 4 is 11.6 Å². The van der Waals surface area contributed by atoms with Gasteiger partial charge in [0.25, 0.3) is 0 Å². The molecule has 0 saturated heterocycles. The van der Waals surface area contributed by atoms with Crippen molar-refractivity contribution in [3.05, 3.63) is 47.8 Å². The molecular weight excluding hydrogens is 284 g/mol. The second kappa shape index (κ2) is 4.49. The molecule has 0 fully saturated rings. The molecule has 110 valence electrons. The molecule has 0 spiro atoms. The van der Waals surface area contributed by atoms with Crippen LogP contribution < -0.4 is 9.47 Å². The van der Waals surface area contributed by atoms with E-state index in [9.17, 15) is 9.90 Å². The lowest BCUT2D eigenvalue weighted by Crippen LogP contribution is -2.03. The quantitative estimate of drug-likeness (QED) is 0.787. The van der Waals surface area contributed by atoms with E-state index in [-0.39, 0.29) is 12.5 Å². The molecule has 0 amide bonds. The van der Waals surface area contributed by atoms with Crippen LogP contribution in [0, 0.1) is 6.92 Å². The van der Waals surface area contributed by atoms with E-state index in [4.69, 9.17) is 9.47 Å². The van der Waals surface area contributed by atoms with Crippen LogP contribution >= 0.6 is 0 Å². The number of nitrogens with zero attached hydrogens (tertiary/aromatic N) is 2. The van der Waals surface area contributed by atoms with Crippen molar-refractivity contribution in [2.75, 3.05) is 6.79 Å². The van der Waals surface area contributed by atoms with Gasteiger partial charge in [-0.05, 0) is 36.8 Å². The summed E-state index contributed by atoms with van der Waals surface area (Å²) < 4.78 is 12.2. The summed E-state index contributed by atoms with van der Waals surface area (Å²) in [4.78, 5) is 16.2. The first-order valence-corrected chi connectivity index (χ1v) is 6.76. The van der Waals surface area contributed by atoms with Gasteiger partial charge < -0.3 is 14.6 Å². The Labute approximate surface area is 125 Å². The highest BCUT2D eigenvalue weighted by Gasteiger charge is 2.22. The Bertz CT molecular complexity index is 914. The van der Waals surface area contributed by atoms with Crippen LogP contribution in [-0.4, -0.2) is 27.3 Å². The van der Waals surface area contributed by atoms with E-state index >= 15 is 0 Å². The van der Waals surface area contributed by atoms with Crippen LogP contribution in [0.5, 0.6) is 11.5 Å². The fourth-order valence-corrected chi connectivity index (χ4v) is 2.65. The molecule has 1 N–H and O–H groups in total. The van der Waals surface area contributed by atoms with Crippen molar-refractivity contribution < 1.29 is 19.4 Å². The van der Waals surface area contributed by atoms with Gasteiger partial charge in [-0.2, -0.15) is 0 Å². The van der Waals surface area contributed by atoms with Crippen LogP contribution in [0.15, 0.2) is 36.5 Å². The van der Waals surface area contributed by atoms with Gasteiger partial charge in [0.15, 0.2) is 17.2 Å². The first-order chi connectivity index (χ1) is 10.6. The summed E-state index contributed by atoms with van der Waals surface area (Å²) in [5.74, 6) is 0.231. The summed E-state index contributed by atoms with van der Waals surface area (Å²) in [7, 11) is 0. The number of carboxylic acid groups (broad SMARTS) is 1. The van der Waals surface area contributed by atoms with E-state index in [1.165, 1.54) is 0 Å². The van der Waals surface area contributed by atoms with Crippen LogP contribution in [0.2, 0.25) is 0 Å². The SMILES string of the molecule is Cc1cccn2c(C(=O)O)c(-c3ccc4c(c3)OCO4)nc12. The number of pyridine rings is 1. The summed E-state index contributed by atoms with van der Waals surface area (Å²) in [6.07, 6.45) is 1.70. The fourth-order valence-electron chi connectivity index (χ4n) is 2.65. The second-order valence-corrected chi connectivity index (χ2v) is 5.07. The molecule has 3 heterocycles. The standard InChI is InChI=1S/C16H12N2O4/c1-9-3-2-6-18-14(16(19)20)13(17-15(9)18)10-4-5-11-12(7-10)22-8-21-11/h2-7H,8H2,1H3,(H,19,20).